The van der Waals surface area contributed by atoms with Crippen molar-refractivity contribution >= 4 is 33.3 Å². The van der Waals surface area contributed by atoms with E-state index in [1.807, 2.05) is 0 Å². The molecule has 3 rings (SSSR count). The maximum atomic E-state index is 13.0. The zero-order valence-corrected chi connectivity index (χ0v) is 19.4. The van der Waals surface area contributed by atoms with Gasteiger partial charge in [0.1, 0.15) is 0 Å². The monoisotopic (exact) mass is 459 g/mol. The molecule has 1 heterocycles. The molecule has 0 radical (unpaired) electrons. The van der Waals surface area contributed by atoms with Crippen molar-refractivity contribution in [3.8, 4) is 0 Å². The Bertz CT molecular complexity index is 1070. The number of hydrogen-bond donors (Lipinski definition) is 1. The molecule has 1 aliphatic heterocycles. The Morgan fingerprint density at radius 1 is 1.00 bits per heavy atom. The quantitative estimate of drug-likeness (QED) is 0.608. The minimum atomic E-state index is -3.67. The van der Waals surface area contributed by atoms with Gasteiger partial charge in [0.15, 0.2) is 0 Å². The lowest BCUT2D eigenvalue weighted by Crippen LogP contribution is -2.31. The van der Waals surface area contributed by atoms with E-state index in [-0.39, 0.29) is 10.8 Å². The lowest BCUT2D eigenvalue weighted by Gasteiger charge is -2.24. The highest BCUT2D eigenvalue weighted by atomic mass is 32.2. The summed E-state index contributed by atoms with van der Waals surface area (Å²) in [5.74, 6) is -0.873. The molecule has 0 aliphatic carbocycles. The number of benzene rings is 2. The van der Waals surface area contributed by atoms with Crippen molar-refractivity contribution in [1.82, 2.24) is 4.31 Å². The van der Waals surface area contributed by atoms with Gasteiger partial charge in [0.2, 0.25) is 10.0 Å². The third-order valence-electron chi connectivity index (χ3n) is 5.57. The van der Waals surface area contributed by atoms with Crippen molar-refractivity contribution in [3.63, 3.8) is 0 Å². The average molecular weight is 460 g/mol. The molecule has 1 saturated heterocycles. The highest BCUT2D eigenvalue weighted by molar-refractivity contribution is 7.89. The molecule has 9 heteroatoms. The number of carbonyl (C=O) groups is 2. The molecule has 0 aromatic heterocycles. The van der Waals surface area contributed by atoms with Crippen LogP contribution in [0.3, 0.4) is 0 Å². The minimum absolute atomic E-state index is 0.139. The third-order valence-corrected chi connectivity index (χ3v) is 7.62. The van der Waals surface area contributed by atoms with E-state index in [0.717, 1.165) is 31.6 Å². The van der Waals surface area contributed by atoms with Gasteiger partial charge in [0.25, 0.3) is 5.91 Å². The topological polar surface area (TPSA) is 96.0 Å². The van der Waals surface area contributed by atoms with Gasteiger partial charge in [-0.2, -0.15) is 4.31 Å². The van der Waals surface area contributed by atoms with E-state index in [9.17, 15) is 18.0 Å². The molecule has 0 atom stereocenters. The fraction of sp³-hybridized carbons (Fsp3) is 0.391. The van der Waals surface area contributed by atoms with Gasteiger partial charge in [0.05, 0.1) is 28.9 Å². The number of ether oxygens (including phenoxy) is 1. The molecule has 1 fully saturated rings. The number of methoxy groups -OCH3 is 1. The van der Waals surface area contributed by atoms with Crippen molar-refractivity contribution < 1.29 is 22.7 Å². The summed E-state index contributed by atoms with van der Waals surface area (Å²) in [5.41, 5.74) is 1.93. The SMILES string of the molecule is CCN(CC)S(=O)(=O)c1ccc(N2CCCC2)c(NC(=O)c2ccc(C(=O)OC)cc2)c1. The molecule has 0 unspecified atom stereocenters. The molecule has 0 saturated carbocycles. The van der Waals surface area contributed by atoms with Crippen molar-refractivity contribution in [2.24, 2.45) is 0 Å². The first-order valence-corrected chi connectivity index (χ1v) is 12.1. The molecule has 1 N–H and O–H groups in total. The number of nitrogens with zero attached hydrogens (tertiary/aromatic N) is 2. The Morgan fingerprint density at radius 2 is 1.59 bits per heavy atom. The van der Waals surface area contributed by atoms with E-state index in [1.165, 1.54) is 41.7 Å². The summed E-state index contributed by atoms with van der Waals surface area (Å²) >= 11 is 0. The number of nitrogens with one attached hydrogen (secondary N) is 1. The van der Waals surface area contributed by atoms with E-state index < -0.39 is 16.0 Å². The Hall–Kier alpha value is -2.91. The fourth-order valence-electron chi connectivity index (χ4n) is 3.79. The maximum absolute atomic E-state index is 13.0. The van der Waals surface area contributed by atoms with Gasteiger partial charge in [-0.25, -0.2) is 13.2 Å². The average Bonchev–Trinajstić information content (AvgIpc) is 3.34. The standard InChI is InChI=1S/C23H29N3O5S/c1-4-26(5-2)32(29,30)19-12-13-21(25-14-6-7-15-25)20(16-19)24-22(27)17-8-10-18(11-9-17)23(28)31-3/h8-13,16H,4-7,14-15H2,1-3H3,(H,24,27). The van der Waals surface area contributed by atoms with E-state index >= 15 is 0 Å². The van der Waals surface area contributed by atoms with Crippen LogP contribution in [0.5, 0.6) is 0 Å². The predicted octanol–water partition coefficient (Wildman–Crippen LogP) is 3.36. The van der Waals surface area contributed by atoms with Crippen LogP contribution in [0.15, 0.2) is 47.4 Å². The van der Waals surface area contributed by atoms with Gasteiger partial charge in [0, 0.05) is 31.7 Å². The number of hydrogen-bond acceptors (Lipinski definition) is 6. The smallest absolute Gasteiger partial charge is 0.337 e. The van der Waals surface area contributed by atoms with Crippen LogP contribution in [0.1, 0.15) is 47.4 Å². The molecular formula is C23H29N3O5S. The number of rotatable bonds is 8. The van der Waals surface area contributed by atoms with Crippen molar-refractivity contribution in [2.75, 3.05) is 43.5 Å². The molecule has 1 amide bonds. The zero-order chi connectivity index (χ0) is 23.3. The number of carbonyl (C=O) groups excluding carboxylic acids is 2. The number of anilines is 2. The van der Waals surface area contributed by atoms with Crippen molar-refractivity contribution in [2.45, 2.75) is 31.6 Å². The van der Waals surface area contributed by atoms with Gasteiger partial charge in [-0.3, -0.25) is 4.79 Å². The fourth-order valence-corrected chi connectivity index (χ4v) is 5.28. The molecule has 0 spiro atoms. The second kappa shape index (κ2) is 10.1. The second-order valence-corrected chi connectivity index (χ2v) is 9.42. The van der Waals surface area contributed by atoms with Crippen molar-refractivity contribution in [3.05, 3.63) is 53.6 Å². The van der Waals surface area contributed by atoms with E-state index in [2.05, 4.69) is 15.0 Å². The first-order valence-electron chi connectivity index (χ1n) is 10.7. The zero-order valence-electron chi connectivity index (χ0n) is 18.6. The van der Waals surface area contributed by atoms with Crippen LogP contribution < -0.4 is 10.2 Å². The first-order chi connectivity index (χ1) is 15.3. The maximum Gasteiger partial charge on any atom is 0.337 e. The summed E-state index contributed by atoms with van der Waals surface area (Å²) < 4.78 is 32.1. The van der Waals surface area contributed by atoms with Crippen LogP contribution >= 0.6 is 0 Å². The van der Waals surface area contributed by atoms with Crippen LogP contribution in [0.4, 0.5) is 11.4 Å². The van der Waals surface area contributed by atoms with Crippen LogP contribution in [-0.2, 0) is 14.8 Å². The molecule has 8 nitrogen and oxygen atoms in total. The lowest BCUT2D eigenvalue weighted by molar-refractivity contribution is 0.0600. The van der Waals surface area contributed by atoms with Gasteiger partial charge >= 0.3 is 5.97 Å². The predicted molar refractivity (Wildman–Crippen MR) is 124 cm³/mol. The van der Waals surface area contributed by atoms with Crippen molar-refractivity contribution in [1.29, 1.82) is 0 Å². The molecule has 32 heavy (non-hydrogen) atoms. The summed E-state index contributed by atoms with van der Waals surface area (Å²) in [6, 6.07) is 11.0. The minimum Gasteiger partial charge on any atom is -0.465 e. The number of sulfonamides is 1. The Labute approximate surface area is 189 Å². The third kappa shape index (κ3) is 4.94. The largest absolute Gasteiger partial charge is 0.465 e. The van der Waals surface area contributed by atoms with Crippen LogP contribution in [-0.4, -0.2) is 57.9 Å². The van der Waals surface area contributed by atoms with Gasteiger partial charge in [-0.1, -0.05) is 13.8 Å². The van der Waals surface area contributed by atoms with Crippen LogP contribution in [0.2, 0.25) is 0 Å². The van der Waals surface area contributed by atoms with Crippen LogP contribution in [0.25, 0.3) is 0 Å². The van der Waals surface area contributed by atoms with E-state index in [1.54, 1.807) is 26.0 Å². The summed E-state index contributed by atoms with van der Waals surface area (Å²) in [5, 5.41) is 2.87. The number of esters is 1. The first kappa shape index (κ1) is 23.7. The Kier molecular flexibility index (Phi) is 7.52. The summed E-state index contributed by atoms with van der Waals surface area (Å²) in [4.78, 5) is 26.8. The van der Waals surface area contributed by atoms with Gasteiger partial charge < -0.3 is 15.0 Å². The molecular weight excluding hydrogens is 430 g/mol. The molecule has 2 aromatic carbocycles. The second-order valence-electron chi connectivity index (χ2n) is 7.49. The molecule has 172 valence electrons. The Balaban J connectivity index is 1.95. The summed E-state index contributed by atoms with van der Waals surface area (Å²) in [6.07, 6.45) is 2.09. The van der Waals surface area contributed by atoms with Gasteiger partial charge in [-0.05, 0) is 55.3 Å². The normalized spacial score (nSPS) is 13.9. The molecule has 0 bridgehead atoms. The summed E-state index contributed by atoms with van der Waals surface area (Å²) in [7, 11) is -2.38. The Morgan fingerprint density at radius 3 is 2.16 bits per heavy atom. The highest BCUT2D eigenvalue weighted by Crippen LogP contribution is 2.32. The highest BCUT2D eigenvalue weighted by Gasteiger charge is 2.25. The van der Waals surface area contributed by atoms with E-state index in [4.69, 9.17) is 0 Å². The lowest BCUT2D eigenvalue weighted by atomic mass is 10.1. The summed E-state index contributed by atoms with van der Waals surface area (Å²) in [6.45, 7) is 6.00. The van der Waals surface area contributed by atoms with E-state index in [0.29, 0.717) is 29.9 Å². The number of amides is 1. The van der Waals surface area contributed by atoms with Crippen LogP contribution in [0, 0.1) is 0 Å². The molecule has 1 aliphatic rings. The molecule has 2 aromatic rings. The van der Waals surface area contributed by atoms with Gasteiger partial charge in [-0.15, -0.1) is 0 Å².